The SMILES string of the molecule is CCCCc1nc2c(n1CC(C)C)C1CCCNC1N=C2N. The molecule has 1 saturated heterocycles. The Kier molecular flexibility index (Phi) is 4.52. The molecular weight excluding hydrogens is 274 g/mol. The van der Waals surface area contributed by atoms with Gasteiger partial charge in [0.2, 0.25) is 0 Å². The molecule has 5 heteroatoms. The molecule has 3 rings (SSSR count). The van der Waals surface area contributed by atoms with Crippen LogP contribution in [0.5, 0.6) is 0 Å². The maximum Gasteiger partial charge on any atom is 0.148 e. The van der Waals surface area contributed by atoms with E-state index in [0.717, 1.165) is 25.2 Å². The van der Waals surface area contributed by atoms with E-state index in [1.165, 1.54) is 37.2 Å². The number of aryl methyl sites for hydroxylation is 1. The molecule has 0 bridgehead atoms. The van der Waals surface area contributed by atoms with Gasteiger partial charge in [0.1, 0.15) is 23.5 Å². The number of unbranched alkanes of at least 4 members (excludes halogenated alkanes) is 1. The summed E-state index contributed by atoms with van der Waals surface area (Å²) >= 11 is 0. The Morgan fingerprint density at radius 2 is 2.23 bits per heavy atom. The summed E-state index contributed by atoms with van der Waals surface area (Å²) in [6.07, 6.45) is 5.93. The van der Waals surface area contributed by atoms with Gasteiger partial charge in [-0.1, -0.05) is 27.2 Å². The van der Waals surface area contributed by atoms with Crippen LogP contribution in [0.4, 0.5) is 0 Å². The Hall–Kier alpha value is -1.36. The van der Waals surface area contributed by atoms with Crippen LogP contribution in [0.3, 0.4) is 0 Å². The average Bonchev–Trinajstić information content (AvgIpc) is 2.84. The van der Waals surface area contributed by atoms with Crippen LogP contribution >= 0.6 is 0 Å². The molecule has 0 aliphatic carbocycles. The van der Waals surface area contributed by atoms with Gasteiger partial charge in [-0.25, -0.2) is 9.98 Å². The second-order valence-corrected chi connectivity index (χ2v) is 7.03. The van der Waals surface area contributed by atoms with Gasteiger partial charge < -0.3 is 10.3 Å². The van der Waals surface area contributed by atoms with Crippen LogP contribution in [0.2, 0.25) is 0 Å². The van der Waals surface area contributed by atoms with Crippen LogP contribution in [0.25, 0.3) is 0 Å². The lowest BCUT2D eigenvalue weighted by molar-refractivity contribution is 0.336. The Morgan fingerprint density at radius 1 is 1.41 bits per heavy atom. The monoisotopic (exact) mass is 303 g/mol. The average molecular weight is 303 g/mol. The Morgan fingerprint density at radius 3 is 2.95 bits per heavy atom. The molecule has 1 fully saturated rings. The van der Waals surface area contributed by atoms with Crippen LogP contribution in [-0.4, -0.2) is 28.1 Å². The Balaban J connectivity index is 2.04. The van der Waals surface area contributed by atoms with Crippen molar-refractivity contribution in [3.8, 4) is 0 Å². The zero-order valence-corrected chi connectivity index (χ0v) is 14.1. The summed E-state index contributed by atoms with van der Waals surface area (Å²) in [4.78, 5) is 9.56. The number of nitrogens with zero attached hydrogens (tertiary/aromatic N) is 3. The van der Waals surface area contributed by atoms with Gasteiger partial charge in [-0.2, -0.15) is 0 Å². The maximum absolute atomic E-state index is 6.23. The van der Waals surface area contributed by atoms with Crippen LogP contribution in [0.15, 0.2) is 4.99 Å². The van der Waals surface area contributed by atoms with E-state index in [1.54, 1.807) is 0 Å². The Labute approximate surface area is 133 Å². The van der Waals surface area contributed by atoms with E-state index >= 15 is 0 Å². The summed E-state index contributed by atoms with van der Waals surface area (Å²) in [6, 6.07) is 0. The zero-order chi connectivity index (χ0) is 15.7. The first-order valence-corrected chi connectivity index (χ1v) is 8.78. The van der Waals surface area contributed by atoms with Gasteiger partial charge >= 0.3 is 0 Å². The molecule has 5 nitrogen and oxygen atoms in total. The number of nitrogens with one attached hydrogen (secondary N) is 1. The highest BCUT2D eigenvalue weighted by atomic mass is 15.2. The molecule has 2 aliphatic heterocycles. The van der Waals surface area contributed by atoms with Crippen molar-refractivity contribution in [1.82, 2.24) is 14.9 Å². The van der Waals surface area contributed by atoms with Crippen molar-refractivity contribution in [2.24, 2.45) is 16.6 Å². The van der Waals surface area contributed by atoms with Gasteiger partial charge in [-0.15, -0.1) is 0 Å². The van der Waals surface area contributed by atoms with Gasteiger partial charge in [-0.3, -0.25) is 5.32 Å². The largest absolute Gasteiger partial charge is 0.382 e. The third kappa shape index (κ3) is 2.78. The summed E-state index contributed by atoms with van der Waals surface area (Å²) in [7, 11) is 0. The topological polar surface area (TPSA) is 68.2 Å². The lowest BCUT2D eigenvalue weighted by atomic mass is 9.89. The predicted octanol–water partition coefficient (Wildman–Crippen LogP) is 2.39. The smallest absolute Gasteiger partial charge is 0.148 e. The van der Waals surface area contributed by atoms with Crippen LogP contribution < -0.4 is 11.1 Å². The summed E-state index contributed by atoms with van der Waals surface area (Å²) in [5.74, 6) is 2.85. The number of hydrogen-bond acceptors (Lipinski definition) is 4. The van der Waals surface area contributed by atoms with Crippen molar-refractivity contribution < 1.29 is 0 Å². The molecule has 2 atom stereocenters. The fraction of sp³-hybridized carbons (Fsp3) is 0.765. The van der Waals surface area contributed by atoms with Gasteiger partial charge in [0.25, 0.3) is 0 Å². The molecule has 0 aromatic carbocycles. The third-order valence-corrected chi connectivity index (χ3v) is 4.69. The molecule has 0 saturated carbocycles. The number of piperidine rings is 1. The van der Waals surface area contributed by atoms with Crippen molar-refractivity contribution in [3.63, 3.8) is 0 Å². The van der Waals surface area contributed by atoms with Crippen molar-refractivity contribution in [1.29, 1.82) is 0 Å². The number of aliphatic imine (C=N–C) groups is 1. The van der Waals surface area contributed by atoms with E-state index in [-0.39, 0.29) is 6.17 Å². The molecule has 122 valence electrons. The van der Waals surface area contributed by atoms with E-state index in [0.29, 0.717) is 17.7 Å². The summed E-state index contributed by atoms with van der Waals surface area (Å²) < 4.78 is 2.46. The normalized spacial score (nSPS) is 24.1. The first-order valence-electron chi connectivity index (χ1n) is 8.78. The first kappa shape index (κ1) is 15.5. The van der Waals surface area contributed by atoms with Crippen molar-refractivity contribution in [2.75, 3.05) is 6.54 Å². The molecule has 0 spiro atoms. The molecule has 1 aromatic rings. The molecule has 0 amide bonds. The van der Waals surface area contributed by atoms with Crippen molar-refractivity contribution in [3.05, 3.63) is 17.2 Å². The molecule has 3 N–H and O–H groups in total. The maximum atomic E-state index is 6.23. The van der Waals surface area contributed by atoms with E-state index in [4.69, 9.17) is 10.7 Å². The zero-order valence-electron chi connectivity index (χ0n) is 14.1. The minimum atomic E-state index is 0.142. The highest BCUT2D eigenvalue weighted by Crippen LogP contribution is 2.35. The molecule has 0 radical (unpaired) electrons. The van der Waals surface area contributed by atoms with E-state index in [9.17, 15) is 0 Å². The van der Waals surface area contributed by atoms with E-state index in [2.05, 4.69) is 35.6 Å². The minimum Gasteiger partial charge on any atom is -0.382 e. The number of aromatic nitrogens is 2. The van der Waals surface area contributed by atoms with Gasteiger partial charge in [0.15, 0.2) is 0 Å². The van der Waals surface area contributed by atoms with Crippen LogP contribution in [-0.2, 0) is 13.0 Å². The van der Waals surface area contributed by atoms with Gasteiger partial charge in [-0.05, 0) is 31.7 Å². The number of imidazole rings is 1. The fourth-order valence-electron chi connectivity index (χ4n) is 3.68. The number of hydrogen-bond donors (Lipinski definition) is 2. The van der Waals surface area contributed by atoms with E-state index < -0.39 is 0 Å². The fourth-order valence-corrected chi connectivity index (χ4v) is 3.68. The van der Waals surface area contributed by atoms with E-state index in [1.807, 2.05) is 0 Å². The highest BCUT2D eigenvalue weighted by Gasteiger charge is 2.36. The molecule has 1 aromatic heterocycles. The molecule has 2 unspecified atom stereocenters. The third-order valence-electron chi connectivity index (χ3n) is 4.69. The van der Waals surface area contributed by atoms with Crippen LogP contribution in [0.1, 0.15) is 69.6 Å². The molecule has 22 heavy (non-hydrogen) atoms. The number of fused-ring (bicyclic) bond motifs is 3. The lowest BCUT2D eigenvalue weighted by Crippen LogP contribution is -2.44. The predicted molar refractivity (Wildman–Crippen MR) is 90.2 cm³/mol. The molecular formula is C17H29N5. The highest BCUT2D eigenvalue weighted by molar-refractivity contribution is 5.98. The molecule has 2 aliphatic rings. The minimum absolute atomic E-state index is 0.142. The summed E-state index contributed by atoms with van der Waals surface area (Å²) in [5, 5.41) is 3.52. The number of nitrogens with two attached hydrogens (primary N) is 1. The summed E-state index contributed by atoms with van der Waals surface area (Å²) in [5.41, 5.74) is 8.52. The van der Waals surface area contributed by atoms with Crippen molar-refractivity contribution >= 4 is 5.84 Å². The standard InChI is InChI=1S/C17H29N5/c1-4-5-8-13-20-14-15(22(13)10-11(2)3)12-7-6-9-19-17(12)21-16(14)18/h11-12,17,19H,4-10H2,1-3H3,(H2,18,21). The summed E-state index contributed by atoms with van der Waals surface area (Å²) in [6.45, 7) is 8.83. The van der Waals surface area contributed by atoms with Gasteiger partial charge in [0.05, 0.1) is 5.69 Å². The quantitative estimate of drug-likeness (QED) is 0.877. The molecule has 3 heterocycles. The second-order valence-electron chi connectivity index (χ2n) is 7.03. The van der Waals surface area contributed by atoms with Gasteiger partial charge in [0, 0.05) is 18.9 Å². The first-order chi connectivity index (χ1) is 10.6. The van der Waals surface area contributed by atoms with Crippen molar-refractivity contribution in [2.45, 2.75) is 71.5 Å². The Bertz CT molecular complexity index is 558. The second kappa shape index (κ2) is 6.41. The number of rotatable bonds is 5. The van der Waals surface area contributed by atoms with Crippen LogP contribution in [0, 0.1) is 5.92 Å². The number of amidine groups is 1. The lowest BCUT2D eigenvalue weighted by Gasteiger charge is -2.34.